The summed E-state index contributed by atoms with van der Waals surface area (Å²) < 4.78 is 30.9. The molecule has 2 unspecified atom stereocenters. The molecule has 144 valence electrons. The smallest absolute Gasteiger partial charge is 0.411 e. The molecule has 0 aliphatic rings. The summed E-state index contributed by atoms with van der Waals surface area (Å²) in [5.41, 5.74) is 0. The molecule has 0 amide bonds. The van der Waals surface area contributed by atoms with Crippen LogP contribution in [0.3, 0.4) is 0 Å². The van der Waals surface area contributed by atoms with Gasteiger partial charge in [0.2, 0.25) is 0 Å². The summed E-state index contributed by atoms with van der Waals surface area (Å²) in [6.45, 7) is 4.37. The van der Waals surface area contributed by atoms with Gasteiger partial charge < -0.3 is 69.7 Å². The van der Waals surface area contributed by atoms with Crippen LogP contribution < -0.4 is 10.2 Å². The normalized spacial score (nSPS) is 14.6. The first-order valence-corrected chi connectivity index (χ1v) is 11.7. The number of thiocarbonyl (C=S) groups is 2. The van der Waals surface area contributed by atoms with E-state index in [1.54, 1.807) is 0 Å². The Morgan fingerprint density at radius 2 is 1.20 bits per heavy atom. The summed E-state index contributed by atoms with van der Waals surface area (Å²) in [6, 6.07) is 0. The molecule has 0 saturated heterocycles. The Hall–Kier alpha value is 1.14. The SMILES string of the molecule is CCCCOP(=O)(O)NC(=S)[S-].CCCCOP(=O)(O)NC(=S)[S-].[Zn+2]. The van der Waals surface area contributed by atoms with E-state index in [-0.39, 0.29) is 41.3 Å². The van der Waals surface area contributed by atoms with Crippen LogP contribution in [0, 0.1) is 0 Å². The van der Waals surface area contributed by atoms with Crippen molar-refractivity contribution in [3.8, 4) is 0 Å². The molecular weight excluding hydrogens is 500 g/mol. The van der Waals surface area contributed by atoms with Crippen molar-refractivity contribution in [3.63, 3.8) is 0 Å². The first-order chi connectivity index (χ1) is 11.0. The minimum atomic E-state index is -3.77. The third-order valence-electron chi connectivity index (χ3n) is 1.99. The fourth-order valence-corrected chi connectivity index (χ4v) is 3.69. The van der Waals surface area contributed by atoms with Gasteiger partial charge in [-0.1, -0.05) is 35.3 Å². The van der Waals surface area contributed by atoms with Gasteiger partial charge in [-0.2, -0.15) is 0 Å². The van der Waals surface area contributed by atoms with Crippen molar-refractivity contribution in [2.45, 2.75) is 39.5 Å². The van der Waals surface area contributed by atoms with Crippen LogP contribution in [0.1, 0.15) is 39.5 Å². The zero-order valence-electron chi connectivity index (χ0n) is 14.0. The van der Waals surface area contributed by atoms with Crippen molar-refractivity contribution in [3.05, 3.63) is 0 Å². The Morgan fingerprint density at radius 1 is 0.920 bits per heavy atom. The van der Waals surface area contributed by atoms with E-state index in [4.69, 9.17) is 9.79 Å². The van der Waals surface area contributed by atoms with Gasteiger partial charge in [-0.05, 0) is 12.8 Å². The molecule has 0 heterocycles. The van der Waals surface area contributed by atoms with Crippen molar-refractivity contribution >= 4 is 73.8 Å². The molecule has 0 bridgehead atoms. The van der Waals surface area contributed by atoms with E-state index in [0.29, 0.717) is 0 Å². The van der Waals surface area contributed by atoms with Crippen LogP contribution >= 0.6 is 39.9 Å². The predicted octanol–water partition coefficient (Wildman–Crippen LogP) is 2.65. The van der Waals surface area contributed by atoms with Gasteiger partial charge >= 0.3 is 35.0 Å². The van der Waals surface area contributed by atoms with Gasteiger partial charge in [0.1, 0.15) is 0 Å². The molecule has 0 saturated carbocycles. The van der Waals surface area contributed by atoms with Crippen molar-refractivity contribution in [2.24, 2.45) is 0 Å². The van der Waals surface area contributed by atoms with E-state index in [2.05, 4.69) is 58.7 Å². The second-order valence-electron chi connectivity index (χ2n) is 4.21. The molecule has 0 aromatic heterocycles. The Balaban J connectivity index is -0.000000372. The molecule has 2 atom stereocenters. The van der Waals surface area contributed by atoms with Gasteiger partial charge in [0.05, 0.1) is 13.2 Å². The molecule has 0 aliphatic heterocycles. The maximum Gasteiger partial charge on any atom is 2.00 e. The summed E-state index contributed by atoms with van der Waals surface area (Å²) >= 11 is 17.7. The summed E-state index contributed by atoms with van der Waals surface area (Å²) in [5.74, 6) is 0. The molecule has 15 heteroatoms. The van der Waals surface area contributed by atoms with Crippen molar-refractivity contribution in [1.82, 2.24) is 10.2 Å². The number of unbranched alkanes of at least 4 members (excludes halogenated alkanes) is 2. The zero-order chi connectivity index (χ0) is 19.2. The van der Waals surface area contributed by atoms with E-state index < -0.39 is 15.5 Å². The molecule has 0 aliphatic carbocycles. The van der Waals surface area contributed by atoms with Gasteiger partial charge in [-0.15, -0.1) is 0 Å². The third kappa shape index (κ3) is 25.1. The van der Waals surface area contributed by atoms with Crippen molar-refractivity contribution in [1.29, 1.82) is 0 Å². The molecule has 0 rings (SSSR count). The van der Waals surface area contributed by atoms with Gasteiger partial charge in [0.25, 0.3) is 0 Å². The van der Waals surface area contributed by atoms with Crippen LogP contribution in [0.15, 0.2) is 0 Å². The van der Waals surface area contributed by atoms with E-state index in [1.807, 2.05) is 24.0 Å². The molecule has 0 spiro atoms. The standard InChI is InChI=1S/2C5H12NO3PS2.Zn/c2*1-2-3-4-9-10(7,8)6-5(11)12;/h2*2-4H2,1H3,(H3,6,7,8,11,12);/q;;+2/p-2. The average Bonchev–Trinajstić information content (AvgIpc) is 2.36. The summed E-state index contributed by atoms with van der Waals surface area (Å²) in [4.78, 5) is 18.0. The molecule has 0 fully saturated rings. The monoisotopic (exact) mass is 520 g/mol. The maximum atomic E-state index is 11.0. The third-order valence-corrected chi connectivity index (χ3v) is 5.08. The van der Waals surface area contributed by atoms with Crippen molar-refractivity contribution in [2.75, 3.05) is 13.2 Å². The molecule has 0 aromatic rings. The molecular formula is C10H22N2O6P2S4Zn. The summed E-state index contributed by atoms with van der Waals surface area (Å²) in [6.07, 6.45) is 3.27. The van der Waals surface area contributed by atoms with Crippen LogP contribution in [0.2, 0.25) is 0 Å². The predicted molar refractivity (Wildman–Crippen MR) is 108 cm³/mol. The van der Waals surface area contributed by atoms with Crippen molar-refractivity contribution < 1.29 is 47.4 Å². The Bertz CT molecular complexity index is 446. The average molecular weight is 522 g/mol. The molecule has 0 radical (unpaired) electrons. The Morgan fingerprint density at radius 3 is 1.40 bits per heavy atom. The van der Waals surface area contributed by atoms with E-state index in [0.717, 1.165) is 25.7 Å². The van der Waals surface area contributed by atoms with Gasteiger partial charge in [-0.3, -0.25) is 9.05 Å². The Labute approximate surface area is 183 Å². The topological polar surface area (TPSA) is 117 Å². The fraction of sp³-hybridized carbons (Fsp3) is 0.800. The fourth-order valence-electron chi connectivity index (χ4n) is 0.961. The van der Waals surface area contributed by atoms with Gasteiger partial charge in [0.15, 0.2) is 0 Å². The summed E-state index contributed by atoms with van der Waals surface area (Å²) in [5, 5.41) is 4.03. The number of nitrogens with one attached hydrogen (secondary N) is 2. The minimum absolute atomic E-state index is 0. The van der Waals surface area contributed by atoms with E-state index in [9.17, 15) is 9.13 Å². The van der Waals surface area contributed by atoms with Crippen LogP contribution in [-0.2, 0) is 62.9 Å². The first-order valence-electron chi connectivity index (χ1n) is 6.89. The van der Waals surface area contributed by atoms with E-state index >= 15 is 0 Å². The Kier molecular flexibility index (Phi) is 21.3. The minimum Gasteiger partial charge on any atom is -0.411 e. The first kappa shape index (κ1) is 30.9. The second-order valence-corrected chi connectivity index (χ2v) is 9.41. The van der Waals surface area contributed by atoms with Crippen LogP contribution in [0.25, 0.3) is 0 Å². The van der Waals surface area contributed by atoms with Gasteiger partial charge in [0, 0.05) is 0 Å². The second kappa shape index (κ2) is 17.3. The number of rotatable bonds is 10. The van der Waals surface area contributed by atoms with Crippen LogP contribution in [0.4, 0.5) is 0 Å². The number of hydrogen-bond acceptors (Lipinski definition) is 8. The van der Waals surface area contributed by atoms with E-state index in [1.165, 1.54) is 0 Å². The molecule has 25 heavy (non-hydrogen) atoms. The quantitative estimate of drug-likeness (QED) is 0.111. The maximum absolute atomic E-state index is 11.0. The molecule has 0 aromatic carbocycles. The number of hydrogen-bond donors (Lipinski definition) is 4. The zero-order valence-corrected chi connectivity index (χ0v) is 22.0. The van der Waals surface area contributed by atoms with Crippen LogP contribution in [-0.4, -0.2) is 31.6 Å². The molecule has 8 nitrogen and oxygen atoms in total. The largest absolute Gasteiger partial charge is 2.00 e. The van der Waals surface area contributed by atoms with Crippen LogP contribution in [0.5, 0.6) is 0 Å². The summed E-state index contributed by atoms with van der Waals surface area (Å²) in [7, 11) is -7.55. The van der Waals surface area contributed by atoms with Gasteiger partial charge in [-0.25, -0.2) is 9.13 Å². The molecule has 4 N–H and O–H groups in total.